The van der Waals surface area contributed by atoms with Gasteiger partial charge in [0.2, 0.25) is 0 Å². The van der Waals surface area contributed by atoms with Crippen molar-refractivity contribution in [1.29, 1.82) is 0 Å². The number of nitrogens with one attached hydrogen (secondary N) is 2. The molecule has 0 aliphatic heterocycles. The summed E-state index contributed by atoms with van der Waals surface area (Å²) in [6.45, 7) is -3.98. The maximum absolute atomic E-state index is 14.5. The van der Waals surface area contributed by atoms with Crippen molar-refractivity contribution in [1.82, 2.24) is 0 Å². The van der Waals surface area contributed by atoms with E-state index in [1.54, 1.807) is 5.32 Å². The number of hydrogen-bond acceptors (Lipinski definition) is 5. The van der Waals surface area contributed by atoms with Gasteiger partial charge in [0.1, 0.15) is 11.4 Å². The van der Waals surface area contributed by atoms with Gasteiger partial charge in [-0.1, -0.05) is 18.2 Å². The van der Waals surface area contributed by atoms with Crippen LogP contribution in [0.5, 0.6) is 17.2 Å². The molecule has 7 nitrogen and oxygen atoms in total. The number of carbonyl (C=O) groups is 2. The van der Waals surface area contributed by atoms with Crippen LogP contribution in [0, 0.1) is 0 Å². The first-order valence-electron chi connectivity index (χ1n) is 11.7. The van der Waals surface area contributed by atoms with Gasteiger partial charge in [-0.05, 0) is 36.4 Å². The molecule has 0 aliphatic rings. The highest BCUT2D eigenvalue weighted by Gasteiger charge is 2.73. The molecule has 0 saturated heterocycles. The van der Waals surface area contributed by atoms with E-state index >= 15 is 0 Å². The number of rotatable bonds is 8. The van der Waals surface area contributed by atoms with Gasteiger partial charge in [-0.25, -0.2) is 4.39 Å². The maximum Gasteiger partial charge on any atom is 0.435 e. The summed E-state index contributed by atoms with van der Waals surface area (Å²) in [5.74, 6) is -6.91. The predicted octanol–water partition coefficient (Wildman–Crippen LogP) is 7.82. The van der Waals surface area contributed by atoms with Crippen LogP contribution >= 0.6 is 0 Å². The summed E-state index contributed by atoms with van der Waals surface area (Å²) in [4.78, 5) is 25.7. The van der Waals surface area contributed by atoms with Crippen molar-refractivity contribution in [3.8, 4) is 17.2 Å². The molecule has 0 spiro atoms. The van der Waals surface area contributed by atoms with Gasteiger partial charge in [-0.15, -0.1) is 0 Å². The van der Waals surface area contributed by atoms with Gasteiger partial charge < -0.3 is 25.2 Å². The molecule has 0 aliphatic carbocycles. The molecule has 45 heavy (non-hydrogen) atoms. The third-order valence-corrected chi connectivity index (χ3v) is 5.90. The molecule has 0 saturated carbocycles. The molecule has 3 aromatic carbocycles. The van der Waals surface area contributed by atoms with Crippen LogP contribution < -0.4 is 20.1 Å². The minimum atomic E-state index is -6.70. The third kappa shape index (κ3) is 6.96. The molecule has 0 fully saturated rings. The van der Waals surface area contributed by atoms with Crippen LogP contribution in [-0.4, -0.2) is 43.0 Å². The summed E-state index contributed by atoms with van der Waals surface area (Å²) in [7, 11) is 0.915. The average molecular weight is 664 g/mol. The van der Waals surface area contributed by atoms with E-state index in [0.29, 0.717) is 6.07 Å². The lowest BCUT2D eigenvalue weighted by Gasteiger charge is -2.31. The van der Waals surface area contributed by atoms with Crippen LogP contribution in [0.25, 0.3) is 0 Å². The molecule has 0 heterocycles. The normalized spacial score (nSPS) is 12.6. The number of para-hydroxylation sites is 1. The number of phenols is 1. The summed E-state index contributed by atoms with van der Waals surface area (Å²) in [6, 6.07) is 5.70. The zero-order chi connectivity index (χ0) is 34.1. The van der Waals surface area contributed by atoms with Crippen LogP contribution in [0.15, 0.2) is 54.6 Å². The topological polar surface area (TPSA) is 96.9 Å². The van der Waals surface area contributed by atoms with Gasteiger partial charge in [0.15, 0.2) is 11.5 Å². The second kappa shape index (κ2) is 12.3. The van der Waals surface area contributed by atoms with Crippen molar-refractivity contribution >= 4 is 23.2 Å². The molecule has 3 rings (SSSR count). The van der Waals surface area contributed by atoms with E-state index in [1.165, 1.54) is 0 Å². The lowest BCUT2D eigenvalue weighted by atomic mass is 9.93. The standard InChI is InChI=1S/C26H16F12N2O5/c1-44-19-13(6-4-8-15(19)39-20(42)12-5-2-3-7-14(12)24(30,31)32)21(43)40-18-16(41)9-11(10-17(18)45-22(27)28)23(29,25(33,34)35)26(36,37)38/h2-10,22,41H,1H3,(H,39,42)(H,40,43). The zero-order valence-electron chi connectivity index (χ0n) is 21.9. The Morgan fingerprint density at radius 2 is 1.33 bits per heavy atom. The number of hydrogen-bond donors (Lipinski definition) is 3. The monoisotopic (exact) mass is 664 g/mol. The van der Waals surface area contributed by atoms with Crippen molar-refractivity contribution in [2.75, 3.05) is 17.7 Å². The van der Waals surface area contributed by atoms with E-state index in [-0.39, 0.29) is 0 Å². The molecule has 3 N–H and O–H groups in total. The van der Waals surface area contributed by atoms with Gasteiger partial charge in [0.25, 0.3) is 11.8 Å². The van der Waals surface area contributed by atoms with Crippen molar-refractivity contribution in [3.63, 3.8) is 0 Å². The van der Waals surface area contributed by atoms with Gasteiger partial charge in [-0.2, -0.15) is 48.3 Å². The summed E-state index contributed by atoms with van der Waals surface area (Å²) < 4.78 is 169. The molecule has 0 radical (unpaired) electrons. The van der Waals surface area contributed by atoms with Gasteiger partial charge in [0, 0.05) is 5.56 Å². The molecule has 2 amide bonds. The van der Waals surface area contributed by atoms with E-state index in [0.717, 1.165) is 43.5 Å². The average Bonchev–Trinajstić information content (AvgIpc) is 2.91. The first-order chi connectivity index (χ1) is 20.6. The van der Waals surface area contributed by atoms with Gasteiger partial charge in [0.05, 0.1) is 29.5 Å². The Kier molecular flexibility index (Phi) is 9.45. The quantitative estimate of drug-likeness (QED) is 0.169. The summed E-state index contributed by atoms with van der Waals surface area (Å²) in [5.41, 5.74) is -13.2. The zero-order valence-corrected chi connectivity index (χ0v) is 21.9. The Morgan fingerprint density at radius 3 is 1.87 bits per heavy atom. The second-order valence-electron chi connectivity index (χ2n) is 8.74. The Balaban J connectivity index is 2.06. The number of ether oxygens (including phenoxy) is 2. The summed E-state index contributed by atoms with van der Waals surface area (Å²) in [5, 5.41) is 13.9. The molecule has 0 aromatic heterocycles. The predicted molar refractivity (Wildman–Crippen MR) is 130 cm³/mol. The van der Waals surface area contributed by atoms with E-state index in [1.807, 2.05) is 0 Å². The molecule has 0 bridgehead atoms. The van der Waals surface area contributed by atoms with Crippen molar-refractivity contribution in [3.05, 3.63) is 76.9 Å². The minimum Gasteiger partial charge on any atom is -0.506 e. The number of anilines is 2. The van der Waals surface area contributed by atoms with Gasteiger partial charge in [-0.3, -0.25) is 9.59 Å². The fourth-order valence-corrected chi connectivity index (χ4v) is 3.94. The number of methoxy groups -OCH3 is 1. The fraction of sp³-hybridized carbons (Fsp3) is 0.231. The van der Waals surface area contributed by atoms with Crippen LogP contribution in [-0.2, 0) is 11.8 Å². The highest BCUT2D eigenvalue weighted by atomic mass is 19.4. The van der Waals surface area contributed by atoms with Crippen molar-refractivity contribution in [2.45, 2.75) is 30.8 Å². The Morgan fingerprint density at radius 1 is 0.778 bits per heavy atom. The molecule has 0 unspecified atom stereocenters. The molecular formula is C26H16F12N2O5. The Bertz CT molecular complexity index is 1570. The van der Waals surface area contributed by atoms with Crippen LogP contribution in [0.1, 0.15) is 31.8 Å². The number of halogens is 12. The van der Waals surface area contributed by atoms with E-state index in [9.17, 15) is 67.4 Å². The lowest BCUT2D eigenvalue weighted by Crippen LogP contribution is -2.50. The fourth-order valence-electron chi connectivity index (χ4n) is 3.94. The number of phenolic OH excluding ortho intramolecular Hbond substituents is 1. The summed E-state index contributed by atoms with van der Waals surface area (Å²) >= 11 is 0. The number of carbonyl (C=O) groups excluding carboxylic acids is 2. The number of amides is 2. The SMILES string of the molecule is COc1c(NC(=O)c2ccccc2C(F)(F)F)cccc1C(=O)Nc1c(O)cc(C(F)(C(F)(F)F)C(F)(F)F)cc1OC(F)F. The lowest BCUT2D eigenvalue weighted by molar-refractivity contribution is -0.348. The smallest absolute Gasteiger partial charge is 0.435 e. The van der Waals surface area contributed by atoms with E-state index in [4.69, 9.17) is 4.74 Å². The Hall–Kier alpha value is -4.84. The van der Waals surface area contributed by atoms with E-state index < -0.39 is 106 Å². The molecular weight excluding hydrogens is 648 g/mol. The molecule has 244 valence electrons. The molecule has 19 heteroatoms. The first-order valence-corrected chi connectivity index (χ1v) is 11.7. The highest BCUT2D eigenvalue weighted by Crippen LogP contribution is 2.55. The van der Waals surface area contributed by atoms with Crippen LogP contribution in [0.3, 0.4) is 0 Å². The number of benzene rings is 3. The minimum absolute atomic E-state index is 0.430. The maximum atomic E-state index is 14.5. The van der Waals surface area contributed by atoms with Gasteiger partial charge >= 0.3 is 30.8 Å². The van der Waals surface area contributed by atoms with Crippen molar-refractivity contribution in [2.24, 2.45) is 0 Å². The second-order valence-corrected chi connectivity index (χ2v) is 8.74. The molecule has 0 atom stereocenters. The first kappa shape index (κ1) is 34.6. The number of alkyl halides is 12. The molecule has 3 aromatic rings. The third-order valence-electron chi connectivity index (χ3n) is 5.90. The van der Waals surface area contributed by atoms with E-state index in [2.05, 4.69) is 10.1 Å². The highest BCUT2D eigenvalue weighted by molar-refractivity contribution is 6.11. The Labute approximate surface area is 243 Å². The largest absolute Gasteiger partial charge is 0.506 e. The summed E-state index contributed by atoms with van der Waals surface area (Å²) in [6.07, 6.45) is -18.4. The van der Waals surface area contributed by atoms with Crippen LogP contribution in [0.2, 0.25) is 0 Å². The van der Waals surface area contributed by atoms with Crippen LogP contribution in [0.4, 0.5) is 64.1 Å². The van der Waals surface area contributed by atoms with Crippen molar-refractivity contribution < 1.29 is 76.9 Å². The number of aromatic hydroxyl groups is 1.